The van der Waals surface area contributed by atoms with E-state index in [-0.39, 0.29) is 11.6 Å². The summed E-state index contributed by atoms with van der Waals surface area (Å²) >= 11 is 0. The molecule has 1 rings (SSSR count). The van der Waals surface area contributed by atoms with Crippen molar-refractivity contribution in [2.75, 3.05) is 19.7 Å². The number of urea groups is 1. The highest BCUT2D eigenvalue weighted by Crippen LogP contribution is 2.15. The van der Waals surface area contributed by atoms with Gasteiger partial charge >= 0.3 is 6.03 Å². The van der Waals surface area contributed by atoms with Crippen LogP contribution in [-0.4, -0.2) is 36.2 Å². The lowest BCUT2D eigenvalue weighted by Crippen LogP contribution is -2.48. The van der Waals surface area contributed by atoms with E-state index >= 15 is 0 Å². The molecule has 5 nitrogen and oxygen atoms in total. The van der Waals surface area contributed by atoms with Gasteiger partial charge in [0.05, 0.1) is 12.1 Å². The SMILES string of the molecule is CC1(C)CN(C(=O)NN)CCCO1. The van der Waals surface area contributed by atoms with Gasteiger partial charge in [-0.25, -0.2) is 10.6 Å². The van der Waals surface area contributed by atoms with Crippen LogP contribution in [-0.2, 0) is 4.74 Å². The summed E-state index contributed by atoms with van der Waals surface area (Å²) in [7, 11) is 0. The number of nitrogens with zero attached hydrogens (tertiary/aromatic N) is 1. The van der Waals surface area contributed by atoms with Crippen LogP contribution in [0.5, 0.6) is 0 Å². The van der Waals surface area contributed by atoms with Gasteiger partial charge in [-0.3, -0.25) is 5.43 Å². The van der Waals surface area contributed by atoms with Crippen LogP contribution >= 0.6 is 0 Å². The van der Waals surface area contributed by atoms with Crippen LogP contribution in [0.3, 0.4) is 0 Å². The van der Waals surface area contributed by atoms with Crippen molar-refractivity contribution >= 4 is 6.03 Å². The Morgan fingerprint density at radius 1 is 1.62 bits per heavy atom. The van der Waals surface area contributed by atoms with Crippen molar-refractivity contribution in [2.45, 2.75) is 25.9 Å². The molecular formula is C8H17N3O2. The molecule has 5 heteroatoms. The van der Waals surface area contributed by atoms with Gasteiger partial charge in [0.2, 0.25) is 0 Å². The van der Waals surface area contributed by atoms with Crippen molar-refractivity contribution < 1.29 is 9.53 Å². The molecule has 0 bridgehead atoms. The minimum absolute atomic E-state index is 0.237. The number of amides is 2. The summed E-state index contributed by atoms with van der Waals surface area (Å²) in [5.74, 6) is 5.06. The first kappa shape index (κ1) is 10.3. The smallest absolute Gasteiger partial charge is 0.331 e. The quantitative estimate of drug-likeness (QED) is 0.320. The molecule has 0 spiro atoms. The maximum atomic E-state index is 11.2. The van der Waals surface area contributed by atoms with E-state index in [4.69, 9.17) is 10.6 Å². The molecule has 0 unspecified atom stereocenters. The summed E-state index contributed by atoms with van der Waals surface area (Å²) < 4.78 is 5.55. The zero-order chi connectivity index (χ0) is 9.90. The number of rotatable bonds is 0. The predicted octanol–water partition coefficient (Wildman–Crippen LogP) is 0.0706. The molecule has 0 radical (unpaired) electrons. The number of ether oxygens (including phenoxy) is 1. The number of carbonyl (C=O) groups is 1. The molecule has 1 aliphatic rings. The lowest BCUT2D eigenvalue weighted by atomic mass is 10.1. The van der Waals surface area contributed by atoms with Gasteiger partial charge in [0.15, 0.2) is 0 Å². The van der Waals surface area contributed by atoms with Crippen LogP contribution in [0.25, 0.3) is 0 Å². The van der Waals surface area contributed by atoms with Gasteiger partial charge in [0, 0.05) is 13.2 Å². The lowest BCUT2D eigenvalue weighted by Gasteiger charge is -2.28. The zero-order valence-electron chi connectivity index (χ0n) is 8.17. The lowest BCUT2D eigenvalue weighted by molar-refractivity contribution is -0.0132. The zero-order valence-corrected chi connectivity index (χ0v) is 8.17. The van der Waals surface area contributed by atoms with Crippen LogP contribution in [0.2, 0.25) is 0 Å². The number of nitrogens with two attached hydrogens (primary N) is 1. The number of nitrogens with one attached hydrogen (secondary N) is 1. The molecule has 2 amide bonds. The fraction of sp³-hybridized carbons (Fsp3) is 0.875. The number of carbonyl (C=O) groups excluding carboxylic acids is 1. The van der Waals surface area contributed by atoms with E-state index in [2.05, 4.69) is 5.43 Å². The summed E-state index contributed by atoms with van der Waals surface area (Å²) in [6, 6.07) is -0.237. The molecule has 0 aliphatic carbocycles. The third-order valence-electron chi connectivity index (χ3n) is 2.05. The maximum absolute atomic E-state index is 11.2. The van der Waals surface area contributed by atoms with E-state index in [1.807, 2.05) is 13.8 Å². The highest BCUT2D eigenvalue weighted by molar-refractivity contribution is 5.73. The summed E-state index contributed by atoms with van der Waals surface area (Å²) in [6.45, 7) is 5.91. The van der Waals surface area contributed by atoms with Crippen molar-refractivity contribution in [1.29, 1.82) is 0 Å². The van der Waals surface area contributed by atoms with E-state index in [1.165, 1.54) is 0 Å². The van der Waals surface area contributed by atoms with Gasteiger partial charge in [0.25, 0.3) is 0 Å². The molecule has 0 aromatic heterocycles. The summed E-state index contributed by atoms with van der Waals surface area (Å²) in [4.78, 5) is 12.9. The Balaban J connectivity index is 2.59. The van der Waals surface area contributed by atoms with Crippen LogP contribution in [0.1, 0.15) is 20.3 Å². The predicted molar refractivity (Wildman–Crippen MR) is 48.9 cm³/mol. The van der Waals surface area contributed by atoms with Crippen LogP contribution in [0.15, 0.2) is 0 Å². The standard InChI is InChI=1S/C8H17N3O2/c1-8(2)6-11(7(12)10-9)4-3-5-13-8/h3-6,9H2,1-2H3,(H,10,12). The molecule has 1 fully saturated rings. The molecule has 0 saturated carbocycles. The summed E-state index contributed by atoms with van der Waals surface area (Å²) in [5.41, 5.74) is 1.86. The van der Waals surface area contributed by atoms with Gasteiger partial charge in [0.1, 0.15) is 0 Å². The van der Waals surface area contributed by atoms with Crippen molar-refractivity contribution in [3.63, 3.8) is 0 Å². The summed E-state index contributed by atoms with van der Waals surface area (Å²) in [6.07, 6.45) is 0.858. The largest absolute Gasteiger partial charge is 0.374 e. The van der Waals surface area contributed by atoms with Crippen molar-refractivity contribution in [2.24, 2.45) is 5.84 Å². The minimum atomic E-state index is -0.275. The molecule has 3 N–H and O–H groups in total. The maximum Gasteiger partial charge on any atom is 0.331 e. The van der Waals surface area contributed by atoms with Crippen LogP contribution in [0, 0.1) is 0 Å². The highest BCUT2D eigenvalue weighted by atomic mass is 16.5. The Morgan fingerprint density at radius 2 is 2.31 bits per heavy atom. The molecule has 13 heavy (non-hydrogen) atoms. The topological polar surface area (TPSA) is 67.6 Å². The fourth-order valence-corrected chi connectivity index (χ4v) is 1.45. The summed E-state index contributed by atoms with van der Waals surface area (Å²) in [5, 5.41) is 0. The Morgan fingerprint density at radius 3 is 2.92 bits per heavy atom. The average molecular weight is 187 g/mol. The first-order valence-electron chi connectivity index (χ1n) is 4.45. The van der Waals surface area contributed by atoms with Gasteiger partial charge < -0.3 is 9.64 Å². The Bertz CT molecular complexity index is 194. The van der Waals surface area contributed by atoms with E-state index < -0.39 is 0 Å². The number of hydrogen-bond acceptors (Lipinski definition) is 3. The van der Waals surface area contributed by atoms with E-state index in [1.54, 1.807) is 4.90 Å². The first-order chi connectivity index (χ1) is 6.05. The normalized spacial score (nSPS) is 22.2. The molecule has 1 saturated heterocycles. The van der Waals surface area contributed by atoms with Gasteiger partial charge in [-0.1, -0.05) is 0 Å². The number of hydrogen-bond donors (Lipinski definition) is 2. The third-order valence-corrected chi connectivity index (χ3v) is 2.05. The molecule has 0 aromatic carbocycles. The van der Waals surface area contributed by atoms with E-state index in [9.17, 15) is 4.79 Å². The second-order valence-corrected chi connectivity index (χ2v) is 3.83. The van der Waals surface area contributed by atoms with E-state index in [0.717, 1.165) is 6.42 Å². The number of hydrazine groups is 1. The van der Waals surface area contributed by atoms with Crippen LogP contribution in [0.4, 0.5) is 4.79 Å². The van der Waals surface area contributed by atoms with Crippen molar-refractivity contribution in [3.8, 4) is 0 Å². The molecule has 1 aliphatic heterocycles. The van der Waals surface area contributed by atoms with Gasteiger partial charge in [-0.15, -0.1) is 0 Å². The third kappa shape index (κ3) is 2.86. The molecule has 1 heterocycles. The highest BCUT2D eigenvalue weighted by Gasteiger charge is 2.27. The Hall–Kier alpha value is -0.810. The minimum Gasteiger partial charge on any atom is -0.374 e. The second-order valence-electron chi connectivity index (χ2n) is 3.83. The average Bonchev–Trinajstić information content (AvgIpc) is 2.25. The molecule has 76 valence electrons. The molecule has 0 aromatic rings. The van der Waals surface area contributed by atoms with E-state index in [0.29, 0.717) is 19.7 Å². The van der Waals surface area contributed by atoms with Crippen molar-refractivity contribution in [1.82, 2.24) is 10.3 Å². The van der Waals surface area contributed by atoms with Crippen LogP contribution < -0.4 is 11.3 Å². The first-order valence-corrected chi connectivity index (χ1v) is 4.45. The van der Waals surface area contributed by atoms with Crippen molar-refractivity contribution in [3.05, 3.63) is 0 Å². The van der Waals surface area contributed by atoms with Gasteiger partial charge in [-0.2, -0.15) is 0 Å². The fourth-order valence-electron chi connectivity index (χ4n) is 1.45. The monoisotopic (exact) mass is 187 g/mol. The Kier molecular flexibility index (Phi) is 3.11. The molecule has 0 atom stereocenters. The van der Waals surface area contributed by atoms with Gasteiger partial charge in [-0.05, 0) is 20.3 Å². The molecular weight excluding hydrogens is 170 g/mol. The second kappa shape index (κ2) is 3.93. The Labute approximate surface area is 78.2 Å².